The summed E-state index contributed by atoms with van der Waals surface area (Å²) in [4.78, 5) is 25.4. The van der Waals surface area contributed by atoms with Gasteiger partial charge in [-0.1, -0.05) is 13.0 Å². The van der Waals surface area contributed by atoms with E-state index < -0.39 is 17.8 Å². The Balaban J connectivity index is 1.23. The van der Waals surface area contributed by atoms with Crippen molar-refractivity contribution in [3.05, 3.63) is 59.4 Å². The van der Waals surface area contributed by atoms with Crippen LogP contribution in [0.3, 0.4) is 0 Å². The van der Waals surface area contributed by atoms with E-state index in [2.05, 4.69) is 37.7 Å². The molecule has 3 aromatic rings. The summed E-state index contributed by atoms with van der Waals surface area (Å²) in [5, 5.41) is 8.48. The number of nitrogens with zero attached hydrogens (tertiary/aromatic N) is 4. The van der Waals surface area contributed by atoms with Crippen molar-refractivity contribution in [1.29, 1.82) is 0 Å². The van der Waals surface area contributed by atoms with Crippen molar-refractivity contribution in [3.8, 4) is 17.4 Å². The number of halogens is 3. The van der Waals surface area contributed by atoms with E-state index in [0.29, 0.717) is 48.3 Å². The number of nitrogens with one attached hydrogen (secondary N) is 3. The van der Waals surface area contributed by atoms with Gasteiger partial charge in [0.2, 0.25) is 5.75 Å². The van der Waals surface area contributed by atoms with Gasteiger partial charge in [-0.3, -0.25) is 4.90 Å². The van der Waals surface area contributed by atoms with Gasteiger partial charge < -0.3 is 30.3 Å². The molecule has 5 rings (SSSR count). The molecule has 1 fully saturated rings. The van der Waals surface area contributed by atoms with Gasteiger partial charge in [0.15, 0.2) is 5.82 Å². The largest absolute Gasteiger partial charge is 0.483 e. The predicted molar refractivity (Wildman–Crippen MR) is 158 cm³/mol. The monoisotopic (exact) mass is 599 g/mol. The highest BCUT2D eigenvalue weighted by atomic mass is 19.4. The number of urea groups is 1. The van der Waals surface area contributed by atoms with Crippen molar-refractivity contribution in [3.63, 3.8) is 0 Å². The van der Waals surface area contributed by atoms with E-state index >= 15 is 0 Å². The lowest BCUT2D eigenvalue weighted by molar-refractivity contribution is -0.138. The highest BCUT2D eigenvalue weighted by molar-refractivity contribution is 6.00. The number of benzene rings is 2. The summed E-state index contributed by atoms with van der Waals surface area (Å²) < 4.78 is 53.7. The summed E-state index contributed by atoms with van der Waals surface area (Å²) in [6, 6.07) is 8.23. The Morgan fingerprint density at radius 2 is 1.72 bits per heavy atom. The second-order valence-electron chi connectivity index (χ2n) is 11.4. The number of piperazine rings is 1. The number of carbonyl (C=O) groups excluding carboxylic acids is 1. The summed E-state index contributed by atoms with van der Waals surface area (Å²) >= 11 is 0. The average Bonchev–Trinajstić information content (AvgIpc) is 2.94. The van der Waals surface area contributed by atoms with Crippen LogP contribution in [0.4, 0.5) is 35.2 Å². The second kappa shape index (κ2) is 12.3. The number of hydrogen-bond acceptors (Lipinski definition) is 8. The van der Waals surface area contributed by atoms with Crippen molar-refractivity contribution in [2.24, 2.45) is 0 Å². The van der Waals surface area contributed by atoms with Gasteiger partial charge in [-0.25, -0.2) is 9.78 Å². The number of aromatic nitrogens is 2. The molecule has 230 valence electrons. The molecule has 0 saturated carbocycles. The molecule has 2 aromatic carbocycles. The van der Waals surface area contributed by atoms with Crippen LogP contribution >= 0.6 is 0 Å². The van der Waals surface area contributed by atoms with E-state index in [-0.39, 0.29) is 29.2 Å². The molecule has 2 amide bonds. The molecule has 0 bridgehead atoms. The van der Waals surface area contributed by atoms with E-state index in [1.54, 1.807) is 25.1 Å². The van der Waals surface area contributed by atoms with Crippen LogP contribution in [0.15, 0.2) is 42.7 Å². The number of aryl methyl sites for hydroxylation is 1. The summed E-state index contributed by atoms with van der Waals surface area (Å²) in [5.41, 5.74) is 0.317. The maximum absolute atomic E-state index is 14.0. The number of carbonyl (C=O) groups is 1. The van der Waals surface area contributed by atoms with Crippen LogP contribution in [0.5, 0.6) is 17.4 Å². The van der Waals surface area contributed by atoms with Crippen LogP contribution in [0.1, 0.15) is 37.5 Å². The van der Waals surface area contributed by atoms with Crippen molar-refractivity contribution < 1.29 is 27.4 Å². The minimum Gasteiger partial charge on any atom is -0.483 e. The number of likely N-dealkylation sites (N-methyl/N-ethyl adjacent to an activating group) is 1. The van der Waals surface area contributed by atoms with Crippen LogP contribution in [-0.2, 0) is 12.7 Å². The van der Waals surface area contributed by atoms with E-state index in [0.717, 1.165) is 25.7 Å². The minimum atomic E-state index is -4.55. The Labute approximate surface area is 248 Å². The summed E-state index contributed by atoms with van der Waals surface area (Å²) in [6.07, 6.45) is -3.17. The van der Waals surface area contributed by atoms with E-state index in [4.69, 9.17) is 9.47 Å². The highest BCUT2D eigenvalue weighted by Gasteiger charge is 2.34. The predicted octanol–water partition coefficient (Wildman–Crippen LogP) is 5.96. The highest BCUT2D eigenvalue weighted by Crippen LogP contribution is 2.40. The Bertz CT molecular complexity index is 1470. The third-order valence-electron chi connectivity index (χ3n) is 7.42. The Kier molecular flexibility index (Phi) is 8.65. The normalized spacial score (nSPS) is 16.9. The molecular weight excluding hydrogens is 563 g/mol. The van der Waals surface area contributed by atoms with Crippen molar-refractivity contribution in [2.75, 3.05) is 55.3 Å². The van der Waals surface area contributed by atoms with Crippen LogP contribution in [-0.4, -0.2) is 70.7 Å². The lowest BCUT2D eigenvalue weighted by Gasteiger charge is -2.34. The maximum atomic E-state index is 14.0. The molecular formula is C30H36F3N7O3. The van der Waals surface area contributed by atoms with Gasteiger partial charge >= 0.3 is 12.2 Å². The number of hydrogen-bond donors (Lipinski definition) is 3. The molecule has 2 aliphatic heterocycles. The van der Waals surface area contributed by atoms with E-state index in [1.807, 2.05) is 18.7 Å². The van der Waals surface area contributed by atoms with Crippen LogP contribution in [0, 0.1) is 6.92 Å². The fraction of sp³-hybridized carbons (Fsp3) is 0.433. The second-order valence-corrected chi connectivity index (χ2v) is 11.4. The first-order valence-electron chi connectivity index (χ1n) is 14.2. The lowest BCUT2D eigenvalue weighted by Crippen LogP contribution is -2.45. The van der Waals surface area contributed by atoms with Crippen LogP contribution in [0.2, 0.25) is 0 Å². The molecule has 2 aliphatic rings. The molecule has 3 heterocycles. The molecule has 0 radical (unpaired) electrons. The molecule has 1 saturated heterocycles. The summed E-state index contributed by atoms with van der Waals surface area (Å²) in [6.45, 7) is 12.5. The molecule has 10 nitrogen and oxygen atoms in total. The van der Waals surface area contributed by atoms with Gasteiger partial charge in [0.25, 0.3) is 5.88 Å². The molecule has 3 N–H and O–H groups in total. The Hall–Kier alpha value is -4.10. The first-order valence-corrected chi connectivity index (χ1v) is 14.2. The number of amides is 2. The van der Waals surface area contributed by atoms with Crippen LogP contribution in [0.25, 0.3) is 0 Å². The van der Waals surface area contributed by atoms with Gasteiger partial charge in [0, 0.05) is 44.1 Å². The number of rotatable bonds is 7. The third kappa shape index (κ3) is 7.46. The maximum Gasteiger partial charge on any atom is 0.416 e. The molecule has 0 atom stereocenters. The minimum absolute atomic E-state index is 0.0476. The average molecular weight is 600 g/mol. The zero-order valence-corrected chi connectivity index (χ0v) is 24.6. The molecule has 0 unspecified atom stereocenters. The van der Waals surface area contributed by atoms with Gasteiger partial charge in [-0.2, -0.15) is 18.2 Å². The topological polar surface area (TPSA) is 104 Å². The standard InChI is InChI=1S/C30H36F3N7O3/c1-5-39-10-12-40(13-11-39)16-20-6-7-22(15-23(20)30(31,32)33)37-28(41)36-21-8-9-24(19(2)14-21)43-27-25-26(34-18-35-27)38-29(3,4)17-42-25/h6-9,14-15,18H,5,10-13,16-17H2,1-4H3,(H,34,35,38)(H2,36,37,41). The molecule has 43 heavy (non-hydrogen) atoms. The molecule has 0 aliphatic carbocycles. The summed E-state index contributed by atoms with van der Waals surface area (Å²) in [5.74, 6) is 1.68. The Morgan fingerprint density at radius 3 is 2.40 bits per heavy atom. The zero-order valence-electron chi connectivity index (χ0n) is 24.6. The SMILES string of the molecule is CCN1CCN(Cc2ccc(NC(=O)Nc3ccc(Oc4ncnc5c4OCC(C)(C)N5)c(C)c3)cc2C(F)(F)F)CC1. The van der Waals surface area contributed by atoms with Gasteiger partial charge in [0.05, 0.1) is 11.1 Å². The fourth-order valence-corrected chi connectivity index (χ4v) is 5.06. The lowest BCUT2D eigenvalue weighted by atomic mass is 10.0. The van der Waals surface area contributed by atoms with Gasteiger partial charge in [-0.05, 0) is 68.8 Å². The molecule has 1 aromatic heterocycles. The number of ether oxygens (including phenoxy) is 2. The van der Waals surface area contributed by atoms with Crippen molar-refractivity contribution >= 4 is 23.2 Å². The van der Waals surface area contributed by atoms with Gasteiger partial charge in [-0.15, -0.1) is 0 Å². The fourth-order valence-electron chi connectivity index (χ4n) is 5.06. The number of anilines is 3. The smallest absolute Gasteiger partial charge is 0.416 e. The number of alkyl halides is 3. The number of fused-ring (bicyclic) bond motifs is 1. The quantitative estimate of drug-likeness (QED) is 0.306. The third-order valence-corrected chi connectivity index (χ3v) is 7.42. The van der Waals surface area contributed by atoms with Gasteiger partial charge in [0.1, 0.15) is 18.7 Å². The Morgan fingerprint density at radius 1 is 1.05 bits per heavy atom. The zero-order chi connectivity index (χ0) is 30.8. The van der Waals surface area contributed by atoms with Crippen LogP contribution < -0.4 is 25.4 Å². The first-order chi connectivity index (χ1) is 20.4. The van der Waals surface area contributed by atoms with E-state index in [9.17, 15) is 18.0 Å². The first kappa shape index (κ1) is 30.4. The van der Waals surface area contributed by atoms with Crippen molar-refractivity contribution in [1.82, 2.24) is 19.8 Å². The van der Waals surface area contributed by atoms with E-state index in [1.165, 1.54) is 18.5 Å². The molecule has 0 spiro atoms. The molecule has 13 heteroatoms. The summed E-state index contributed by atoms with van der Waals surface area (Å²) in [7, 11) is 0. The van der Waals surface area contributed by atoms with Crippen molar-refractivity contribution in [2.45, 2.75) is 46.0 Å².